The highest BCUT2D eigenvalue weighted by molar-refractivity contribution is 9.09. The lowest BCUT2D eigenvalue weighted by atomic mass is 10.1. The fourth-order valence-corrected chi connectivity index (χ4v) is 1.78. The van der Waals surface area contributed by atoms with Crippen LogP contribution < -0.4 is 5.32 Å². The Bertz CT molecular complexity index is 213. The molecule has 4 heteroatoms. The first-order chi connectivity index (χ1) is 7.03. The van der Waals surface area contributed by atoms with Gasteiger partial charge in [0.15, 0.2) is 0 Å². The number of rotatable bonds is 5. The highest BCUT2D eigenvalue weighted by Gasteiger charge is 2.21. The molecule has 0 bridgehead atoms. The lowest BCUT2D eigenvalue weighted by molar-refractivity contribution is -0.123. The predicted molar refractivity (Wildman–Crippen MR) is 64.2 cm³/mol. The van der Waals surface area contributed by atoms with E-state index < -0.39 is 0 Å². The van der Waals surface area contributed by atoms with Gasteiger partial charge in [0.05, 0.1) is 6.10 Å². The summed E-state index contributed by atoms with van der Waals surface area (Å²) in [4.78, 5) is 11.6. The van der Waals surface area contributed by atoms with Crippen LogP contribution in [0, 0.1) is 0 Å². The minimum Gasteiger partial charge on any atom is -0.378 e. The van der Waals surface area contributed by atoms with Crippen LogP contribution in [0.25, 0.3) is 0 Å². The van der Waals surface area contributed by atoms with E-state index in [0.717, 1.165) is 31.2 Å². The van der Waals surface area contributed by atoms with Crippen LogP contribution in [0.4, 0.5) is 0 Å². The number of hydrogen-bond donors (Lipinski definition) is 1. The van der Waals surface area contributed by atoms with Crippen molar-refractivity contribution >= 4 is 21.8 Å². The van der Waals surface area contributed by atoms with Crippen molar-refractivity contribution in [2.45, 2.75) is 51.2 Å². The predicted octanol–water partition coefficient (Wildman–Crippen LogP) is 2.24. The Balaban J connectivity index is 2.18. The topological polar surface area (TPSA) is 38.3 Å². The van der Waals surface area contributed by atoms with E-state index in [0.29, 0.717) is 12.5 Å². The molecule has 0 aromatic heterocycles. The van der Waals surface area contributed by atoms with Crippen LogP contribution in [-0.2, 0) is 9.53 Å². The van der Waals surface area contributed by atoms with E-state index in [1.807, 2.05) is 13.8 Å². The third kappa shape index (κ3) is 4.98. The first-order valence-electron chi connectivity index (χ1n) is 5.52. The molecule has 88 valence electrons. The maximum absolute atomic E-state index is 11.6. The van der Waals surface area contributed by atoms with Crippen LogP contribution in [0.2, 0.25) is 0 Å². The summed E-state index contributed by atoms with van der Waals surface area (Å²) in [6.07, 6.45) is 3.97. The zero-order valence-corrected chi connectivity index (χ0v) is 11.1. The average molecular weight is 278 g/mol. The number of amides is 1. The van der Waals surface area contributed by atoms with E-state index in [4.69, 9.17) is 4.74 Å². The summed E-state index contributed by atoms with van der Waals surface area (Å²) in [7, 11) is 0. The number of alkyl halides is 1. The van der Waals surface area contributed by atoms with Crippen LogP contribution in [0.1, 0.15) is 39.5 Å². The van der Waals surface area contributed by atoms with Gasteiger partial charge < -0.3 is 10.1 Å². The summed E-state index contributed by atoms with van der Waals surface area (Å²) < 4.78 is 5.47. The number of halogens is 1. The molecule has 1 rings (SSSR count). The summed E-state index contributed by atoms with van der Waals surface area (Å²) >= 11 is 3.38. The van der Waals surface area contributed by atoms with E-state index in [1.165, 1.54) is 0 Å². The van der Waals surface area contributed by atoms with Gasteiger partial charge in [0.1, 0.15) is 0 Å². The zero-order chi connectivity index (χ0) is 11.3. The minimum atomic E-state index is -0.159. The molecule has 1 atom stereocenters. The molecule has 1 saturated heterocycles. The Hall–Kier alpha value is -0.0900. The second kappa shape index (κ2) is 5.85. The average Bonchev–Trinajstić information content (AvgIpc) is 2.66. The molecule has 0 saturated carbocycles. The van der Waals surface area contributed by atoms with Crippen LogP contribution in [-0.4, -0.2) is 29.5 Å². The van der Waals surface area contributed by atoms with Gasteiger partial charge >= 0.3 is 0 Å². The number of carbonyl (C=O) groups excluding carboxylic acids is 1. The van der Waals surface area contributed by atoms with E-state index in [9.17, 15) is 4.79 Å². The lowest BCUT2D eigenvalue weighted by Crippen LogP contribution is -2.44. The first-order valence-corrected chi connectivity index (χ1v) is 6.64. The molecule has 0 aromatic rings. The normalized spacial score (nSPS) is 21.7. The Morgan fingerprint density at radius 2 is 2.33 bits per heavy atom. The van der Waals surface area contributed by atoms with Crippen molar-refractivity contribution in [3.05, 3.63) is 0 Å². The van der Waals surface area contributed by atoms with Crippen LogP contribution in [0.15, 0.2) is 0 Å². The quantitative estimate of drug-likeness (QED) is 0.783. The molecule has 1 aliphatic heterocycles. The van der Waals surface area contributed by atoms with Gasteiger partial charge in [-0.2, -0.15) is 0 Å². The second-order valence-corrected chi connectivity index (χ2v) is 5.30. The SMILES string of the molecule is CC(C)(CBr)NC(=O)CCC1CCCO1. The summed E-state index contributed by atoms with van der Waals surface area (Å²) in [6, 6.07) is 0. The number of hydrogen-bond acceptors (Lipinski definition) is 2. The molecular formula is C11H20BrNO2. The van der Waals surface area contributed by atoms with Crippen molar-refractivity contribution < 1.29 is 9.53 Å². The van der Waals surface area contributed by atoms with E-state index in [2.05, 4.69) is 21.2 Å². The minimum absolute atomic E-state index is 0.120. The maximum Gasteiger partial charge on any atom is 0.220 e. The third-order valence-corrected chi connectivity index (χ3v) is 3.93. The molecule has 1 unspecified atom stereocenters. The summed E-state index contributed by atoms with van der Waals surface area (Å²) in [5, 5.41) is 3.76. The molecular weight excluding hydrogens is 258 g/mol. The molecule has 3 nitrogen and oxygen atoms in total. The first kappa shape index (κ1) is 13.0. The molecule has 0 aliphatic carbocycles. The van der Waals surface area contributed by atoms with Gasteiger partial charge in [-0.05, 0) is 33.1 Å². The smallest absolute Gasteiger partial charge is 0.220 e. The van der Waals surface area contributed by atoms with Gasteiger partial charge in [-0.3, -0.25) is 4.79 Å². The van der Waals surface area contributed by atoms with Crippen molar-refractivity contribution in [1.29, 1.82) is 0 Å². The molecule has 1 heterocycles. The van der Waals surface area contributed by atoms with Gasteiger partial charge in [0.25, 0.3) is 0 Å². The highest BCUT2D eigenvalue weighted by atomic mass is 79.9. The van der Waals surface area contributed by atoms with E-state index >= 15 is 0 Å². The second-order valence-electron chi connectivity index (χ2n) is 4.74. The van der Waals surface area contributed by atoms with Gasteiger partial charge in [-0.25, -0.2) is 0 Å². The van der Waals surface area contributed by atoms with Crippen molar-refractivity contribution in [1.82, 2.24) is 5.32 Å². The summed E-state index contributed by atoms with van der Waals surface area (Å²) in [5.41, 5.74) is -0.159. The van der Waals surface area contributed by atoms with Crippen molar-refractivity contribution in [2.75, 3.05) is 11.9 Å². The molecule has 1 aliphatic rings. The molecule has 0 aromatic carbocycles. The molecule has 1 amide bonds. The molecule has 1 N–H and O–H groups in total. The van der Waals surface area contributed by atoms with Gasteiger partial charge in [-0.1, -0.05) is 15.9 Å². The van der Waals surface area contributed by atoms with Crippen molar-refractivity contribution in [2.24, 2.45) is 0 Å². The van der Waals surface area contributed by atoms with Gasteiger partial charge in [0, 0.05) is 23.9 Å². The monoisotopic (exact) mass is 277 g/mol. The molecule has 0 spiro atoms. The number of ether oxygens (including phenoxy) is 1. The van der Waals surface area contributed by atoms with E-state index in [-0.39, 0.29) is 11.4 Å². The number of carbonyl (C=O) groups is 1. The Kier molecular flexibility index (Phi) is 5.06. The Labute approximate surface area is 100 Å². The van der Waals surface area contributed by atoms with Gasteiger partial charge in [-0.15, -0.1) is 0 Å². The third-order valence-electron chi connectivity index (χ3n) is 2.53. The summed E-state index contributed by atoms with van der Waals surface area (Å²) in [5.74, 6) is 0.120. The zero-order valence-electron chi connectivity index (χ0n) is 9.51. The number of nitrogens with one attached hydrogen (secondary N) is 1. The molecule has 1 fully saturated rings. The highest BCUT2D eigenvalue weighted by Crippen LogP contribution is 2.17. The largest absolute Gasteiger partial charge is 0.378 e. The maximum atomic E-state index is 11.6. The Morgan fingerprint density at radius 3 is 2.87 bits per heavy atom. The molecule has 0 radical (unpaired) electrons. The standard InChI is InChI=1S/C11H20BrNO2/c1-11(2,8-12)13-10(14)6-5-9-4-3-7-15-9/h9H,3-8H2,1-2H3,(H,13,14). The fraction of sp³-hybridized carbons (Fsp3) is 0.909. The van der Waals surface area contributed by atoms with Crippen LogP contribution in [0.3, 0.4) is 0 Å². The Morgan fingerprint density at radius 1 is 1.60 bits per heavy atom. The van der Waals surface area contributed by atoms with Crippen molar-refractivity contribution in [3.8, 4) is 0 Å². The summed E-state index contributed by atoms with van der Waals surface area (Å²) in [6.45, 7) is 4.87. The van der Waals surface area contributed by atoms with E-state index in [1.54, 1.807) is 0 Å². The van der Waals surface area contributed by atoms with Gasteiger partial charge in [0.2, 0.25) is 5.91 Å². The van der Waals surface area contributed by atoms with Crippen LogP contribution in [0.5, 0.6) is 0 Å². The van der Waals surface area contributed by atoms with Crippen molar-refractivity contribution in [3.63, 3.8) is 0 Å². The lowest BCUT2D eigenvalue weighted by Gasteiger charge is -2.23. The fourth-order valence-electron chi connectivity index (χ4n) is 1.64. The van der Waals surface area contributed by atoms with Crippen LogP contribution >= 0.6 is 15.9 Å². The molecule has 15 heavy (non-hydrogen) atoms.